The molecule has 124 valence electrons. The van der Waals surface area contributed by atoms with Gasteiger partial charge >= 0.3 is 6.18 Å². The van der Waals surface area contributed by atoms with Crippen molar-refractivity contribution in [2.45, 2.75) is 26.9 Å². The van der Waals surface area contributed by atoms with Crippen LogP contribution in [0.2, 0.25) is 0 Å². The van der Waals surface area contributed by atoms with Crippen LogP contribution < -0.4 is 10.1 Å². The molecule has 0 unspecified atom stereocenters. The molecule has 0 aliphatic heterocycles. The number of hydrogen-bond acceptors (Lipinski definition) is 3. The van der Waals surface area contributed by atoms with Crippen LogP contribution in [0.15, 0.2) is 28.7 Å². The van der Waals surface area contributed by atoms with E-state index in [-0.39, 0.29) is 11.7 Å². The van der Waals surface area contributed by atoms with E-state index in [0.29, 0.717) is 22.8 Å². The summed E-state index contributed by atoms with van der Waals surface area (Å²) < 4.78 is 46.2. The lowest BCUT2D eigenvalue weighted by atomic mass is 10.1. The molecular weight excluding hydrogens is 311 g/mol. The molecule has 4 nitrogen and oxygen atoms in total. The highest BCUT2D eigenvalue weighted by molar-refractivity contribution is 6.06. The van der Waals surface area contributed by atoms with Gasteiger partial charge in [0.15, 0.2) is 6.61 Å². The number of rotatable bonds is 4. The fraction of sp³-hybridized carbons (Fsp3) is 0.312. The molecule has 1 heterocycles. The molecule has 0 saturated heterocycles. The van der Waals surface area contributed by atoms with Crippen molar-refractivity contribution in [1.29, 1.82) is 0 Å². The van der Waals surface area contributed by atoms with Crippen LogP contribution >= 0.6 is 0 Å². The third-order valence-corrected chi connectivity index (χ3v) is 3.30. The van der Waals surface area contributed by atoms with Gasteiger partial charge in [0.05, 0.1) is 5.56 Å². The lowest BCUT2D eigenvalue weighted by Gasteiger charge is -2.10. The molecule has 0 aliphatic carbocycles. The van der Waals surface area contributed by atoms with E-state index in [4.69, 9.17) is 4.42 Å². The van der Waals surface area contributed by atoms with Crippen LogP contribution in [-0.4, -0.2) is 18.7 Å². The molecule has 0 bridgehead atoms. The van der Waals surface area contributed by atoms with Crippen molar-refractivity contribution < 1.29 is 27.1 Å². The van der Waals surface area contributed by atoms with Gasteiger partial charge in [-0.2, -0.15) is 13.2 Å². The average molecular weight is 327 g/mol. The van der Waals surface area contributed by atoms with Crippen LogP contribution in [0.1, 0.15) is 27.4 Å². The number of alkyl halides is 3. The predicted octanol–water partition coefficient (Wildman–Crippen LogP) is 4.40. The number of carbonyl (C=O) groups excluding carboxylic acids is 1. The topological polar surface area (TPSA) is 51.5 Å². The monoisotopic (exact) mass is 327 g/mol. The second kappa shape index (κ2) is 6.36. The van der Waals surface area contributed by atoms with Gasteiger partial charge in [0.2, 0.25) is 0 Å². The van der Waals surface area contributed by atoms with Crippen LogP contribution in [-0.2, 0) is 0 Å². The van der Waals surface area contributed by atoms with E-state index in [1.807, 2.05) is 0 Å². The molecule has 2 rings (SSSR count). The number of carbonyl (C=O) groups is 1. The zero-order valence-electron chi connectivity index (χ0n) is 12.9. The fourth-order valence-corrected chi connectivity index (χ4v) is 2.12. The van der Waals surface area contributed by atoms with Crippen molar-refractivity contribution in [3.05, 3.63) is 46.9 Å². The summed E-state index contributed by atoms with van der Waals surface area (Å²) in [6, 6.07) is 5.67. The molecule has 1 N–H and O–H groups in total. The molecule has 0 aliphatic rings. The Morgan fingerprint density at radius 3 is 2.22 bits per heavy atom. The van der Waals surface area contributed by atoms with Gasteiger partial charge in [-0.15, -0.1) is 0 Å². The molecule has 1 aromatic carbocycles. The summed E-state index contributed by atoms with van der Waals surface area (Å²) >= 11 is 0. The first-order valence-electron chi connectivity index (χ1n) is 6.85. The Morgan fingerprint density at radius 2 is 1.74 bits per heavy atom. The summed E-state index contributed by atoms with van der Waals surface area (Å²) in [6.45, 7) is 3.90. The summed E-state index contributed by atoms with van der Waals surface area (Å²) in [5, 5.41) is 2.68. The Balaban J connectivity index is 2.05. The number of furan rings is 1. The van der Waals surface area contributed by atoms with E-state index in [1.54, 1.807) is 20.8 Å². The van der Waals surface area contributed by atoms with Crippen molar-refractivity contribution >= 4 is 11.6 Å². The van der Waals surface area contributed by atoms with Crippen LogP contribution in [0.4, 0.5) is 18.9 Å². The quantitative estimate of drug-likeness (QED) is 0.905. The van der Waals surface area contributed by atoms with E-state index in [0.717, 1.165) is 5.56 Å². The summed E-state index contributed by atoms with van der Waals surface area (Å²) in [4.78, 5) is 12.3. The highest BCUT2D eigenvalue weighted by Gasteiger charge is 2.28. The van der Waals surface area contributed by atoms with Crippen molar-refractivity contribution in [1.82, 2.24) is 0 Å². The third-order valence-electron chi connectivity index (χ3n) is 3.30. The molecule has 7 heteroatoms. The molecule has 1 aromatic heterocycles. The number of benzene rings is 1. The second-order valence-electron chi connectivity index (χ2n) is 5.10. The molecule has 0 saturated carbocycles. The Hall–Kier alpha value is -2.44. The molecule has 1 amide bonds. The van der Waals surface area contributed by atoms with Crippen molar-refractivity contribution in [3.63, 3.8) is 0 Å². The van der Waals surface area contributed by atoms with Gasteiger partial charge in [-0.05, 0) is 45.0 Å². The van der Waals surface area contributed by atoms with E-state index >= 15 is 0 Å². The highest BCUT2D eigenvalue weighted by atomic mass is 19.4. The number of halogens is 3. The smallest absolute Gasteiger partial charge is 0.422 e. The molecule has 0 fully saturated rings. The summed E-state index contributed by atoms with van der Waals surface area (Å²) in [5.41, 5.74) is 1.66. The first-order valence-corrected chi connectivity index (χ1v) is 6.85. The number of hydrogen-bond donors (Lipinski definition) is 1. The number of anilines is 1. The molecule has 0 atom stereocenters. The number of aryl methyl sites for hydroxylation is 2. The van der Waals surface area contributed by atoms with Crippen molar-refractivity contribution in [2.75, 3.05) is 11.9 Å². The van der Waals surface area contributed by atoms with Gasteiger partial charge in [0.25, 0.3) is 5.91 Å². The van der Waals surface area contributed by atoms with Gasteiger partial charge in [0, 0.05) is 11.3 Å². The maximum atomic E-state index is 12.3. The van der Waals surface area contributed by atoms with Crippen LogP contribution in [0.5, 0.6) is 5.75 Å². The zero-order valence-corrected chi connectivity index (χ0v) is 12.9. The average Bonchev–Trinajstić information content (AvgIpc) is 2.70. The maximum absolute atomic E-state index is 12.3. The van der Waals surface area contributed by atoms with Gasteiger partial charge in [-0.3, -0.25) is 4.79 Å². The number of nitrogens with one attached hydrogen (secondary N) is 1. The minimum atomic E-state index is -4.39. The normalized spacial score (nSPS) is 11.4. The standard InChI is InChI=1S/C16H16F3NO3/c1-9-10(2)23-11(3)14(9)15(21)20-12-4-6-13(7-5-12)22-8-16(17,18)19/h4-7H,8H2,1-3H3,(H,20,21). The maximum Gasteiger partial charge on any atom is 0.422 e. The molecule has 23 heavy (non-hydrogen) atoms. The SMILES string of the molecule is Cc1oc(C)c(C(=O)Nc2ccc(OCC(F)(F)F)cc2)c1C. The lowest BCUT2D eigenvalue weighted by Crippen LogP contribution is -2.19. The van der Waals surface area contributed by atoms with Crippen molar-refractivity contribution in [2.24, 2.45) is 0 Å². The number of amides is 1. The van der Waals surface area contributed by atoms with Gasteiger partial charge < -0.3 is 14.5 Å². The number of ether oxygens (including phenoxy) is 1. The molecule has 0 radical (unpaired) electrons. The summed E-state index contributed by atoms with van der Waals surface area (Å²) in [6.07, 6.45) is -4.39. The molecule has 0 spiro atoms. The van der Waals surface area contributed by atoms with E-state index in [9.17, 15) is 18.0 Å². The Morgan fingerprint density at radius 1 is 1.13 bits per heavy atom. The summed E-state index contributed by atoms with van der Waals surface area (Å²) in [5.74, 6) is 0.929. The Labute approximate surface area is 131 Å². The lowest BCUT2D eigenvalue weighted by molar-refractivity contribution is -0.153. The third kappa shape index (κ3) is 4.28. The summed E-state index contributed by atoms with van der Waals surface area (Å²) in [7, 11) is 0. The Bertz CT molecular complexity index is 703. The van der Waals surface area contributed by atoms with Crippen molar-refractivity contribution in [3.8, 4) is 5.75 Å². The minimum absolute atomic E-state index is 0.0758. The minimum Gasteiger partial charge on any atom is -0.484 e. The van der Waals surface area contributed by atoms with E-state index in [2.05, 4.69) is 10.1 Å². The first-order chi connectivity index (χ1) is 10.7. The Kier molecular flexibility index (Phi) is 4.68. The van der Waals surface area contributed by atoms with Crippen LogP contribution in [0.25, 0.3) is 0 Å². The predicted molar refractivity (Wildman–Crippen MR) is 78.9 cm³/mol. The van der Waals surface area contributed by atoms with E-state index < -0.39 is 12.8 Å². The highest BCUT2D eigenvalue weighted by Crippen LogP contribution is 2.23. The van der Waals surface area contributed by atoms with Gasteiger partial charge in [-0.25, -0.2) is 0 Å². The van der Waals surface area contributed by atoms with Gasteiger partial charge in [-0.1, -0.05) is 0 Å². The largest absolute Gasteiger partial charge is 0.484 e. The van der Waals surface area contributed by atoms with E-state index in [1.165, 1.54) is 24.3 Å². The zero-order chi connectivity index (χ0) is 17.2. The molecular formula is C16H16F3NO3. The van der Waals surface area contributed by atoms with Crippen LogP contribution in [0, 0.1) is 20.8 Å². The van der Waals surface area contributed by atoms with Crippen LogP contribution in [0.3, 0.4) is 0 Å². The molecule has 2 aromatic rings. The van der Waals surface area contributed by atoms with Gasteiger partial charge in [0.1, 0.15) is 17.3 Å². The fourth-order valence-electron chi connectivity index (χ4n) is 2.12. The second-order valence-corrected chi connectivity index (χ2v) is 5.10. The first kappa shape index (κ1) is 16.9.